The Hall–Kier alpha value is -4.23. The lowest BCUT2D eigenvalue weighted by Gasteiger charge is -2.40. The average molecular weight is 775 g/mol. The SMILES string of the molecule is [2H]C1=C(SC([2H])([2H])c2cccc(F)c2F)N(C([2H])([2H])C(=O)N(C([2H])([2H])c2ccc(-c3ccc(C(F)(F)F)cc3)cc2)C2([2H])C([2H])([2H])C([2H])([2H])N(C([2H])([2H])C([2H])([2H])OC)C([2H])([2H])C2([2H])[2H])c2c([2H])c([2H])c(C)c([2H])c2C1O. The maximum Gasteiger partial charge on any atom is 0.416 e. The van der Waals surface area contributed by atoms with Crippen molar-refractivity contribution in [3.05, 3.63) is 135 Å². The van der Waals surface area contributed by atoms with Crippen LogP contribution in [0.4, 0.5) is 27.6 Å². The third-order valence-corrected chi connectivity index (χ3v) is 8.07. The topological polar surface area (TPSA) is 56.3 Å². The number of carbonyl (C=O) groups excluding carboxylic acids is 1. The van der Waals surface area contributed by atoms with E-state index in [1.807, 2.05) is 0 Å². The van der Waals surface area contributed by atoms with Crippen LogP contribution in [0.5, 0.6) is 0 Å². The molecule has 6 nitrogen and oxygen atoms in total. The molecule has 4 aromatic carbocycles. The first kappa shape index (κ1) is 18.9. The number of likely N-dealkylation sites (tertiary alicyclic amines) is 1. The lowest BCUT2D eigenvalue weighted by molar-refractivity contribution is -0.137. The van der Waals surface area contributed by atoms with Crippen LogP contribution in [0.25, 0.3) is 11.1 Å². The summed E-state index contributed by atoms with van der Waals surface area (Å²) in [6, 6.07) is -0.935. The number of carbonyl (C=O) groups is 1. The van der Waals surface area contributed by atoms with E-state index in [0.29, 0.717) is 43.5 Å². The fourth-order valence-corrected chi connectivity index (χ4v) is 5.48. The molecule has 1 unspecified atom stereocenters. The Labute approximate surface area is 343 Å². The van der Waals surface area contributed by atoms with Crippen LogP contribution in [0.3, 0.4) is 0 Å². The van der Waals surface area contributed by atoms with Crippen LogP contribution in [0.1, 0.15) is 78.2 Å². The van der Waals surface area contributed by atoms with Crippen molar-refractivity contribution in [3.63, 3.8) is 0 Å². The third-order valence-electron chi connectivity index (χ3n) is 7.25. The second-order valence-corrected chi connectivity index (χ2v) is 11.6. The molecular weight excluding hydrogens is 710 g/mol. The predicted molar refractivity (Wildman–Crippen MR) is 198 cm³/mol. The molecule has 1 fully saturated rings. The van der Waals surface area contributed by atoms with Gasteiger partial charge < -0.3 is 24.5 Å². The van der Waals surface area contributed by atoms with Crippen molar-refractivity contribution in [3.8, 4) is 11.1 Å². The molecule has 0 saturated carbocycles. The smallest absolute Gasteiger partial charge is 0.384 e. The lowest BCUT2D eigenvalue weighted by Crippen LogP contribution is -2.50. The largest absolute Gasteiger partial charge is 0.416 e. The van der Waals surface area contributed by atoms with E-state index in [4.69, 9.17) is 19.2 Å². The first-order valence-electron chi connectivity index (χ1n) is 26.7. The standard InChI is InChI=1S/C41H42F5N3O3S/c1-27-6-15-36-34(22-27)37(50)23-39(53-26-31-4-3-5-35(42)40(31)43)49(36)25-38(51)48(33-16-18-47(19-17-33)20-21-52-2)24-28-7-9-29(10-8-28)30-11-13-32(14-12-30)41(44,45)46/h3-15,22-23,33,37,50H,16-21,24-26H2,1-2H3/i6D,15D,16D2,17D2,18D2,19D2,20D2,21D2,22D,23D,24D2,25D2,26D2,33D. The van der Waals surface area contributed by atoms with Gasteiger partial charge >= 0.3 is 6.18 Å². The summed E-state index contributed by atoms with van der Waals surface area (Å²) in [5.41, 5.74) is -9.50. The fraction of sp³-hybridized carbons (Fsp3) is 0.341. The number of hydrogen-bond acceptors (Lipinski definition) is 6. The van der Waals surface area contributed by atoms with E-state index in [1.54, 1.807) is 0 Å². The highest BCUT2D eigenvalue weighted by Crippen LogP contribution is 2.41. The van der Waals surface area contributed by atoms with Crippen molar-refractivity contribution < 1.29 is 68.1 Å². The average Bonchev–Trinajstić information content (AvgIpc) is 3.30. The summed E-state index contributed by atoms with van der Waals surface area (Å²) in [7, 11) is 0.503. The van der Waals surface area contributed by atoms with Gasteiger partial charge in [0.25, 0.3) is 0 Å². The maximum atomic E-state index is 15.9. The number of piperidine rings is 1. The third kappa shape index (κ3) is 9.29. The van der Waals surface area contributed by atoms with Crippen LogP contribution in [0.2, 0.25) is 0 Å². The molecule has 0 spiro atoms. The maximum absolute atomic E-state index is 15.9. The molecule has 12 heteroatoms. The van der Waals surface area contributed by atoms with Crippen LogP contribution in [-0.2, 0) is 27.9 Å². The molecule has 1 amide bonds. The van der Waals surface area contributed by atoms with Gasteiger partial charge in [-0.2, -0.15) is 13.2 Å². The zero-order chi connectivity index (χ0) is 58.2. The number of halogens is 5. The first-order chi connectivity index (χ1) is 34.2. The summed E-state index contributed by atoms with van der Waals surface area (Å²) in [6.45, 7) is -25.5. The minimum Gasteiger partial charge on any atom is -0.384 e. The van der Waals surface area contributed by atoms with E-state index in [1.165, 1.54) is 0 Å². The van der Waals surface area contributed by atoms with Crippen molar-refractivity contribution in [1.82, 2.24) is 9.80 Å². The highest BCUT2D eigenvalue weighted by molar-refractivity contribution is 8.02. The second kappa shape index (κ2) is 16.8. The van der Waals surface area contributed by atoms with E-state index in [0.717, 1.165) is 37.3 Å². The fourth-order valence-electron chi connectivity index (χ4n) is 4.72. The number of ether oxygens (including phenoxy) is 1. The number of fused-ring (bicyclic) bond motifs is 1. The molecule has 2 heterocycles. The number of hydrogen-bond donors (Lipinski definition) is 1. The van der Waals surface area contributed by atoms with E-state index < -0.39 is 178 Å². The molecule has 0 aromatic heterocycles. The number of benzene rings is 4. The summed E-state index contributed by atoms with van der Waals surface area (Å²) in [4.78, 5) is 13.7. The number of alkyl halides is 3. The molecule has 0 bridgehead atoms. The van der Waals surface area contributed by atoms with Gasteiger partial charge in [0.1, 0.15) is 12.6 Å². The van der Waals surface area contributed by atoms with E-state index >= 15 is 9.18 Å². The van der Waals surface area contributed by atoms with Crippen molar-refractivity contribution in [2.45, 2.75) is 50.2 Å². The van der Waals surface area contributed by atoms with Gasteiger partial charge in [-0.1, -0.05) is 66.2 Å². The van der Waals surface area contributed by atoms with E-state index in [-0.39, 0.29) is 16.0 Å². The molecule has 1 atom stereocenters. The normalized spacial score (nSPS) is 29.0. The van der Waals surface area contributed by atoms with E-state index in [2.05, 4.69) is 4.74 Å². The number of aliphatic hydroxyl groups is 1. The Morgan fingerprint density at radius 1 is 1.08 bits per heavy atom. The van der Waals surface area contributed by atoms with Gasteiger partial charge in [0.2, 0.25) is 5.91 Å². The minimum absolute atomic E-state index is 0.0175. The van der Waals surface area contributed by atoms with E-state index in [9.17, 15) is 35.0 Å². The van der Waals surface area contributed by atoms with Gasteiger partial charge in [0, 0.05) is 78.1 Å². The Kier molecular flexibility index (Phi) is 6.00. The van der Waals surface area contributed by atoms with Crippen LogP contribution < -0.4 is 4.90 Å². The minimum atomic E-state index is -5.03. The zero-order valence-electron chi connectivity index (χ0n) is 50.3. The molecular formula is C41H42F5N3O3S. The second-order valence-electron chi connectivity index (χ2n) is 10.8. The van der Waals surface area contributed by atoms with Crippen LogP contribution in [-0.4, -0.2) is 66.5 Å². The van der Waals surface area contributed by atoms with Gasteiger partial charge in [0.05, 0.1) is 32.2 Å². The highest BCUT2D eigenvalue weighted by Gasteiger charge is 2.33. The number of anilines is 1. The molecule has 1 saturated heterocycles. The summed E-state index contributed by atoms with van der Waals surface area (Å²) in [6.07, 6.45) is -17.1. The Balaban J connectivity index is 1.72. The Morgan fingerprint density at radius 2 is 1.75 bits per heavy atom. The molecule has 280 valence electrons. The Bertz CT molecular complexity index is 2970. The first-order valence-corrected chi connectivity index (χ1v) is 16.0. The number of methoxy groups -OCH3 is 1. The quantitative estimate of drug-likeness (QED) is 0.146. The molecule has 0 radical (unpaired) electrons. The van der Waals surface area contributed by atoms with Gasteiger partial charge in [-0.05, 0) is 66.7 Å². The predicted octanol–water partition coefficient (Wildman–Crippen LogP) is 8.73. The number of amides is 1. The molecule has 6 rings (SSSR count). The molecule has 53 heavy (non-hydrogen) atoms. The van der Waals surface area contributed by atoms with Crippen LogP contribution in [0, 0.1) is 18.6 Å². The van der Waals surface area contributed by atoms with Crippen molar-refractivity contribution in [1.29, 1.82) is 0 Å². The molecule has 0 aliphatic carbocycles. The Morgan fingerprint density at radius 3 is 2.42 bits per heavy atom. The monoisotopic (exact) mass is 774 g/mol. The van der Waals surface area contributed by atoms with Crippen LogP contribution in [0.15, 0.2) is 95.9 Å². The number of rotatable bonds is 12. The van der Waals surface area contributed by atoms with Crippen molar-refractivity contribution in [2.24, 2.45) is 0 Å². The number of nitrogens with zero attached hydrogens (tertiary/aromatic N) is 3. The molecule has 4 aromatic rings. The molecule has 2 aliphatic heterocycles. The number of aliphatic hydroxyl groups excluding tert-OH is 1. The van der Waals surface area contributed by atoms with Gasteiger partial charge in [0.15, 0.2) is 11.6 Å². The summed E-state index contributed by atoms with van der Waals surface area (Å²) in [5.74, 6) is -6.35. The molecule has 2 aliphatic rings. The van der Waals surface area contributed by atoms with Crippen molar-refractivity contribution in [2.75, 3.05) is 44.6 Å². The lowest BCUT2D eigenvalue weighted by atomic mass is 9.99. The van der Waals surface area contributed by atoms with Gasteiger partial charge in [-0.25, -0.2) is 8.78 Å². The van der Waals surface area contributed by atoms with Crippen LogP contribution >= 0.6 is 11.8 Å². The molecule has 1 N–H and O–H groups in total. The summed E-state index contributed by atoms with van der Waals surface area (Å²) >= 11 is -0.489. The summed E-state index contributed by atoms with van der Waals surface area (Å²) in [5, 5.41) is 10.2. The van der Waals surface area contributed by atoms with Crippen molar-refractivity contribution >= 4 is 23.4 Å². The van der Waals surface area contributed by atoms with Gasteiger partial charge in [-0.3, -0.25) is 4.79 Å². The zero-order valence-corrected chi connectivity index (χ0v) is 28.1. The van der Waals surface area contributed by atoms with Gasteiger partial charge in [-0.15, -0.1) is 11.8 Å². The summed E-state index contributed by atoms with van der Waals surface area (Å²) < 4.78 is 283. The number of thioether (sulfide) groups is 1. The highest BCUT2D eigenvalue weighted by atomic mass is 32.2.